The number of piperidine rings is 1. The van der Waals surface area contributed by atoms with Crippen molar-refractivity contribution in [3.63, 3.8) is 0 Å². The summed E-state index contributed by atoms with van der Waals surface area (Å²) in [5.41, 5.74) is 5.84. The molecule has 7 nitrogen and oxygen atoms in total. The van der Waals surface area contributed by atoms with E-state index >= 15 is 0 Å². The third-order valence-corrected chi connectivity index (χ3v) is 6.47. The molecular formula is C29H28N6O. The van der Waals surface area contributed by atoms with Gasteiger partial charge in [-0.25, -0.2) is 9.97 Å². The van der Waals surface area contributed by atoms with Gasteiger partial charge in [-0.2, -0.15) is 5.26 Å². The van der Waals surface area contributed by atoms with Crippen LogP contribution in [-0.2, 0) is 0 Å². The molecule has 36 heavy (non-hydrogen) atoms. The molecular weight excluding hydrogens is 448 g/mol. The molecule has 4 heterocycles. The summed E-state index contributed by atoms with van der Waals surface area (Å²) < 4.78 is 7.50. The number of rotatable bonds is 3. The summed E-state index contributed by atoms with van der Waals surface area (Å²) in [5.74, 6) is 0.494. The molecule has 0 amide bonds. The van der Waals surface area contributed by atoms with Gasteiger partial charge in [-0.05, 0) is 63.3 Å². The Bertz CT molecular complexity index is 1530. The molecule has 0 radical (unpaired) electrons. The average molecular weight is 477 g/mol. The molecule has 1 aliphatic rings. The van der Waals surface area contributed by atoms with Gasteiger partial charge in [0.1, 0.15) is 5.52 Å². The Labute approximate surface area is 210 Å². The van der Waals surface area contributed by atoms with E-state index in [1.54, 1.807) is 38.0 Å². The number of fused-ring (bicyclic) bond motifs is 2. The first kappa shape index (κ1) is 23.5. The zero-order valence-corrected chi connectivity index (χ0v) is 20.6. The fourth-order valence-corrected chi connectivity index (χ4v) is 4.56. The average Bonchev–Trinajstić information content (AvgIpc) is 3.43. The van der Waals surface area contributed by atoms with Crippen LogP contribution in [-0.4, -0.2) is 51.5 Å². The van der Waals surface area contributed by atoms with Gasteiger partial charge in [0.25, 0.3) is 0 Å². The number of nitriles is 1. The standard InChI is InChI=1S/C23H15N5O.C6H13N/c1-29-23-20-13-25-14-28(20)22(18-8-9-19-17(11-18)3-2-10-26-19)21(27-23)16-6-4-15(12-24)5-7-16;1-7-5-3-2-4-6-7/h2-11,13-14H,1H3;2-6H2,1H3. The predicted molar refractivity (Wildman–Crippen MR) is 142 cm³/mol. The van der Waals surface area contributed by atoms with E-state index in [0.29, 0.717) is 11.4 Å². The van der Waals surface area contributed by atoms with E-state index in [2.05, 4.69) is 34.1 Å². The molecule has 1 fully saturated rings. The third kappa shape index (κ3) is 4.77. The molecule has 1 aliphatic heterocycles. The predicted octanol–water partition coefficient (Wildman–Crippen LogP) is 5.59. The van der Waals surface area contributed by atoms with E-state index in [1.165, 1.54) is 32.4 Å². The highest BCUT2D eigenvalue weighted by molar-refractivity contribution is 5.88. The van der Waals surface area contributed by atoms with Gasteiger partial charge in [0.05, 0.1) is 48.2 Å². The first-order valence-electron chi connectivity index (χ1n) is 12.1. The van der Waals surface area contributed by atoms with Crippen LogP contribution in [0, 0.1) is 11.3 Å². The molecule has 1 saturated heterocycles. The number of benzene rings is 2. The van der Waals surface area contributed by atoms with Crippen LogP contribution in [0.3, 0.4) is 0 Å². The number of hydrogen-bond acceptors (Lipinski definition) is 6. The minimum atomic E-state index is 0.494. The maximum Gasteiger partial charge on any atom is 0.240 e. The molecule has 7 heteroatoms. The first-order valence-corrected chi connectivity index (χ1v) is 12.1. The first-order chi connectivity index (χ1) is 17.7. The highest BCUT2D eigenvalue weighted by atomic mass is 16.5. The second kappa shape index (κ2) is 10.5. The number of ether oxygens (including phenoxy) is 1. The normalized spacial score (nSPS) is 13.7. The third-order valence-electron chi connectivity index (χ3n) is 6.47. The SMILES string of the molecule is CN1CCCCC1.COc1nc(-c2ccc(C#N)cc2)c(-c2ccc3ncccc3c2)n2cncc12. The summed E-state index contributed by atoms with van der Waals surface area (Å²) in [4.78, 5) is 15.9. The fraction of sp³-hybridized carbons (Fsp3) is 0.241. The lowest BCUT2D eigenvalue weighted by atomic mass is 10.0. The topological polar surface area (TPSA) is 79.3 Å². The lowest BCUT2D eigenvalue weighted by Gasteiger charge is -2.20. The molecule has 0 N–H and O–H groups in total. The van der Waals surface area contributed by atoms with Crippen LogP contribution in [0.5, 0.6) is 5.88 Å². The zero-order chi connectivity index (χ0) is 24.9. The Balaban J connectivity index is 0.000000330. The van der Waals surface area contributed by atoms with Crippen molar-refractivity contribution in [2.75, 3.05) is 27.2 Å². The van der Waals surface area contributed by atoms with Crippen LogP contribution < -0.4 is 4.74 Å². The molecule has 0 spiro atoms. The molecule has 0 atom stereocenters. The summed E-state index contributed by atoms with van der Waals surface area (Å²) in [5, 5.41) is 10.2. The number of likely N-dealkylation sites (tertiary alicyclic amines) is 1. The van der Waals surface area contributed by atoms with E-state index in [1.807, 2.05) is 40.8 Å². The minimum absolute atomic E-state index is 0.494. The van der Waals surface area contributed by atoms with E-state index in [0.717, 1.165) is 38.9 Å². The van der Waals surface area contributed by atoms with Gasteiger partial charge in [-0.1, -0.05) is 30.7 Å². The number of aromatic nitrogens is 4. The van der Waals surface area contributed by atoms with E-state index in [9.17, 15) is 0 Å². The molecule has 3 aromatic heterocycles. The van der Waals surface area contributed by atoms with Gasteiger partial charge in [-0.15, -0.1) is 0 Å². The number of pyridine rings is 1. The highest BCUT2D eigenvalue weighted by Crippen LogP contribution is 2.35. The monoisotopic (exact) mass is 476 g/mol. The van der Waals surface area contributed by atoms with E-state index < -0.39 is 0 Å². The van der Waals surface area contributed by atoms with Gasteiger partial charge in [0.2, 0.25) is 5.88 Å². The maximum atomic E-state index is 9.12. The summed E-state index contributed by atoms with van der Waals surface area (Å²) in [6, 6.07) is 19.6. The Morgan fingerprint density at radius 3 is 2.44 bits per heavy atom. The number of hydrogen-bond donors (Lipinski definition) is 0. The molecule has 0 bridgehead atoms. The van der Waals surface area contributed by atoms with Crippen LogP contribution in [0.4, 0.5) is 0 Å². The Hall–Kier alpha value is -4.28. The molecule has 5 aromatic rings. The van der Waals surface area contributed by atoms with Crippen LogP contribution in [0.2, 0.25) is 0 Å². The summed E-state index contributed by atoms with van der Waals surface area (Å²) in [6.45, 7) is 2.64. The van der Waals surface area contributed by atoms with E-state index in [4.69, 9.17) is 15.0 Å². The molecule has 6 rings (SSSR count). The highest BCUT2D eigenvalue weighted by Gasteiger charge is 2.18. The molecule has 0 aliphatic carbocycles. The zero-order valence-electron chi connectivity index (χ0n) is 20.6. The van der Waals surface area contributed by atoms with Gasteiger partial charge in [-0.3, -0.25) is 9.38 Å². The van der Waals surface area contributed by atoms with Crippen molar-refractivity contribution < 1.29 is 4.74 Å². The smallest absolute Gasteiger partial charge is 0.240 e. The van der Waals surface area contributed by atoms with Gasteiger partial charge < -0.3 is 9.64 Å². The number of nitrogens with zero attached hydrogens (tertiary/aromatic N) is 6. The van der Waals surface area contributed by atoms with E-state index in [-0.39, 0.29) is 0 Å². The molecule has 2 aromatic carbocycles. The molecule has 180 valence electrons. The van der Waals surface area contributed by atoms with Crippen molar-refractivity contribution in [3.8, 4) is 34.5 Å². The Morgan fingerprint density at radius 2 is 1.75 bits per heavy atom. The Kier molecular flexibility index (Phi) is 6.87. The summed E-state index contributed by atoms with van der Waals surface area (Å²) >= 11 is 0. The van der Waals surface area contributed by atoms with Crippen LogP contribution in [0.1, 0.15) is 24.8 Å². The molecule has 0 saturated carbocycles. The maximum absolute atomic E-state index is 9.12. The van der Waals surface area contributed by atoms with Gasteiger partial charge >= 0.3 is 0 Å². The van der Waals surface area contributed by atoms with Crippen LogP contribution in [0.15, 0.2) is 73.3 Å². The fourth-order valence-electron chi connectivity index (χ4n) is 4.56. The van der Waals surface area contributed by atoms with Crippen LogP contribution >= 0.6 is 0 Å². The van der Waals surface area contributed by atoms with Crippen molar-refractivity contribution in [2.24, 2.45) is 0 Å². The minimum Gasteiger partial charge on any atom is -0.479 e. The molecule has 0 unspecified atom stereocenters. The lowest BCUT2D eigenvalue weighted by molar-refractivity contribution is 0.277. The second-order valence-electron chi connectivity index (χ2n) is 8.93. The lowest BCUT2D eigenvalue weighted by Crippen LogP contribution is -2.24. The number of methoxy groups -OCH3 is 1. The van der Waals surface area contributed by atoms with Crippen molar-refractivity contribution in [1.29, 1.82) is 5.26 Å². The largest absolute Gasteiger partial charge is 0.479 e. The summed E-state index contributed by atoms with van der Waals surface area (Å²) in [6.07, 6.45) is 9.56. The number of imidazole rings is 1. The van der Waals surface area contributed by atoms with Crippen molar-refractivity contribution in [3.05, 3.63) is 78.9 Å². The van der Waals surface area contributed by atoms with Crippen molar-refractivity contribution in [1.82, 2.24) is 24.3 Å². The van der Waals surface area contributed by atoms with Gasteiger partial charge in [0, 0.05) is 22.7 Å². The summed E-state index contributed by atoms with van der Waals surface area (Å²) in [7, 11) is 3.79. The Morgan fingerprint density at radius 1 is 0.972 bits per heavy atom. The van der Waals surface area contributed by atoms with Gasteiger partial charge in [0.15, 0.2) is 0 Å². The van der Waals surface area contributed by atoms with Crippen molar-refractivity contribution in [2.45, 2.75) is 19.3 Å². The van der Waals surface area contributed by atoms with Crippen molar-refractivity contribution >= 4 is 16.4 Å². The quantitative estimate of drug-likeness (QED) is 0.338. The second-order valence-corrected chi connectivity index (χ2v) is 8.93. The van der Waals surface area contributed by atoms with Crippen LogP contribution in [0.25, 0.3) is 38.9 Å².